The summed E-state index contributed by atoms with van der Waals surface area (Å²) in [5, 5.41) is 3.37. The standard InChI is InChI=1S/C15H13F4N3O/c16-11-3-4-12-10(8-11)2-1-6-22(12)14(23)9-21-7-5-13(20-21)15(17,18)19/h3-5,7-8H,1-2,6,9H2. The van der Waals surface area contributed by atoms with Gasteiger partial charge in [0.2, 0.25) is 5.91 Å². The molecule has 8 heteroatoms. The van der Waals surface area contributed by atoms with Gasteiger partial charge in [-0.15, -0.1) is 0 Å². The number of hydrogen-bond donors (Lipinski definition) is 0. The number of alkyl halides is 3. The molecule has 4 nitrogen and oxygen atoms in total. The van der Waals surface area contributed by atoms with E-state index in [1.807, 2.05) is 0 Å². The number of hydrogen-bond acceptors (Lipinski definition) is 2. The lowest BCUT2D eigenvalue weighted by atomic mass is 10.0. The molecule has 1 amide bonds. The Kier molecular flexibility index (Phi) is 3.83. The van der Waals surface area contributed by atoms with Gasteiger partial charge in [0.25, 0.3) is 0 Å². The molecule has 1 aromatic carbocycles. The lowest BCUT2D eigenvalue weighted by Crippen LogP contribution is -2.38. The molecule has 0 aliphatic carbocycles. The van der Waals surface area contributed by atoms with Crippen LogP contribution in [0, 0.1) is 5.82 Å². The zero-order valence-corrected chi connectivity index (χ0v) is 12.0. The maximum Gasteiger partial charge on any atom is 0.435 e. The van der Waals surface area contributed by atoms with Crippen molar-refractivity contribution in [2.45, 2.75) is 25.6 Å². The third kappa shape index (κ3) is 3.20. The van der Waals surface area contributed by atoms with Gasteiger partial charge in [-0.2, -0.15) is 18.3 Å². The maximum atomic E-state index is 13.3. The van der Waals surface area contributed by atoms with Crippen molar-refractivity contribution in [1.29, 1.82) is 0 Å². The molecule has 122 valence electrons. The summed E-state index contributed by atoms with van der Waals surface area (Å²) in [5.41, 5.74) is 0.290. The Morgan fingerprint density at radius 2 is 2.04 bits per heavy atom. The predicted octanol–water partition coefficient (Wildman–Crippen LogP) is 3.02. The van der Waals surface area contributed by atoms with Crippen molar-refractivity contribution in [2.75, 3.05) is 11.4 Å². The van der Waals surface area contributed by atoms with Crippen LogP contribution in [0.25, 0.3) is 0 Å². The molecular weight excluding hydrogens is 314 g/mol. The van der Waals surface area contributed by atoms with Crippen LogP contribution in [0.5, 0.6) is 0 Å². The Labute approximate surface area is 129 Å². The molecule has 2 heterocycles. The molecular formula is C15H13F4N3O. The second kappa shape index (κ2) is 5.68. The monoisotopic (exact) mass is 327 g/mol. The van der Waals surface area contributed by atoms with Gasteiger partial charge in [0.15, 0.2) is 5.69 Å². The van der Waals surface area contributed by atoms with Gasteiger partial charge in [-0.3, -0.25) is 9.48 Å². The summed E-state index contributed by atoms with van der Waals surface area (Å²) in [7, 11) is 0. The van der Waals surface area contributed by atoms with Gasteiger partial charge in [0, 0.05) is 18.4 Å². The number of aromatic nitrogens is 2. The molecule has 3 rings (SSSR count). The molecule has 0 N–H and O–H groups in total. The topological polar surface area (TPSA) is 38.1 Å². The first-order chi connectivity index (χ1) is 10.8. The molecule has 0 spiro atoms. The molecule has 0 radical (unpaired) electrons. The number of aryl methyl sites for hydroxylation is 1. The van der Waals surface area contributed by atoms with Gasteiger partial charge in [-0.05, 0) is 42.7 Å². The van der Waals surface area contributed by atoms with Crippen LogP contribution in [0.1, 0.15) is 17.7 Å². The molecule has 23 heavy (non-hydrogen) atoms. The van der Waals surface area contributed by atoms with Crippen molar-refractivity contribution in [1.82, 2.24) is 9.78 Å². The zero-order valence-electron chi connectivity index (χ0n) is 12.0. The molecule has 0 unspecified atom stereocenters. The number of fused-ring (bicyclic) bond motifs is 1. The molecule has 1 aliphatic rings. The van der Waals surface area contributed by atoms with E-state index < -0.39 is 11.9 Å². The molecule has 2 aromatic rings. The number of nitrogens with zero attached hydrogens (tertiary/aromatic N) is 3. The summed E-state index contributed by atoms with van der Waals surface area (Å²) < 4.78 is 51.8. The molecule has 1 aromatic heterocycles. The number of carbonyl (C=O) groups is 1. The Morgan fingerprint density at radius 3 is 2.74 bits per heavy atom. The van der Waals surface area contributed by atoms with Gasteiger partial charge < -0.3 is 4.90 Å². The summed E-state index contributed by atoms with van der Waals surface area (Å²) in [6.45, 7) is 0.151. The van der Waals surface area contributed by atoms with Crippen LogP contribution in [0.2, 0.25) is 0 Å². The van der Waals surface area contributed by atoms with Gasteiger partial charge in [-0.1, -0.05) is 0 Å². The average molecular weight is 327 g/mol. The molecule has 0 saturated carbocycles. The van der Waals surface area contributed by atoms with Crippen molar-refractivity contribution in [3.63, 3.8) is 0 Å². The Morgan fingerprint density at radius 1 is 1.26 bits per heavy atom. The molecule has 0 saturated heterocycles. The highest BCUT2D eigenvalue weighted by Crippen LogP contribution is 2.29. The summed E-state index contributed by atoms with van der Waals surface area (Å²) in [5.74, 6) is -0.755. The largest absolute Gasteiger partial charge is 0.435 e. The van der Waals surface area contributed by atoms with Crippen LogP contribution in [0.4, 0.5) is 23.2 Å². The minimum Gasteiger partial charge on any atom is -0.311 e. The van der Waals surface area contributed by atoms with E-state index in [0.717, 1.165) is 22.5 Å². The van der Waals surface area contributed by atoms with E-state index >= 15 is 0 Å². The van der Waals surface area contributed by atoms with Gasteiger partial charge in [0.1, 0.15) is 12.4 Å². The highest BCUT2D eigenvalue weighted by atomic mass is 19.4. The van der Waals surface area contributed by atoms with Gasteiger partial charge in [-0.25, -0.2) is 4.39 Å². The lowest BCUT2D eigenvalue weighted by molar-refractivity contribution is -0.141. The van der Waals surface area contributed by atoms with Gasteiger partial charge >= 0.3 is 6.18 Å². The van der Waals surface area contributed by atoms with Crippen LogP contribution in [0.3, 0.4) is 0 Å². The second-order valence-corrected chi connectivity index (χ2v) is 5.32. The number of anilines is 1. The molecule has 0 atom stereocenters. The third-order valence-corrected chi connectivity index (χ3v) is 3.69. The fourth-order valence-electron chi connectivity index (χ4n) is 2.65. The summed E-state index contributed by atoms with van der Waals surface area (Å²) in [4.78, 5) is 13.8. The quantitative estimate of drug-likeness (QED) is 0.795. The maximum absolute atomic E-state index is 13.3. The van der Waals surface area contributed by atoms with E-state index in [4.69, 9.17) is 0 Å². The van der Waals surface area contributed by atoms with Crippen molar-refractivity contribution in [2.24, 2.45) is 0 Å². The SMILES string of the molecule is O=C(Cn1ccc(C(F)(F)F)n1)N1CCCc2cc(F)ccc21. The normalized spacial score (nSPS) is 14.7. The zero-order chi connectivity index (χ0) is 16.6. The molecule has 0 fully saturated rings. The highest BCUT2D eigenvalue weighted by Gasteiger charge is 2.34. The fraction of sp³-hybridized carbons (Fsp3) is 0.333. The fourth-order valence-corrected chi connectivity index (χ4v) is 2.65. The Hall–Kier alpha value is -2.38. The van der Waals surface area contributed by atoms with Crippen LogP contribution >= 0.6 is 0 Å². The van der Waals surface area contributed by atoms with Crippen molar-refractivity contribution in [3.8, 4) is 0 Å². The Bertz CT molecular complexity index is 739. The van der Waals surface area contributed by atoms with E-state index in [1.54, 1.807) is 0 Å². The van der Waals surface area contributed by atoms with E-state index in [1.165, 1.54) is 23.1 Å². The summed E-state index contributed by atoms with van der Waals surface area (Å²) in [6.07, 6.45) is -2.08. The number of rotatable bonds is 2. The summed E-state index contributed by atoms with van der Waals surface area (Å²) >= 11 is 0. The van der Waals surface area contributed by atoms with E-state index in [0.29, 0.717) is 25.1 Å². The number of amides is 1. The first kappa shape index (κ1) is 15.5. The number of benzene rings is 1. The van der Waals surface area contributed by atoms with Crippen LogP contribution in [0.15, 0.2) is 30.5 Å². The van der Waals surface area contributed by atoms with Crippen LogP contribution in [-0.4, -0.2) is 22.2 Å². The third-order valence-electron chi connectivity index (χ3n) is 3.69. The minimum absolute atomic E-state index is 0.299. The van der Waals surface area contributed by atoms with E-state index in [2.05, 4.69) is 5.10 Å². The highest BCUT2D eigenvalue weighted by molar-refractivity contribution is 5.94. The molecule has 0 bridgehead atoms. The van der Waals surface area contributed by atoms with Gasteiger partial charge in [0.05, 0.1) is 0 Å². The van der Waals surface area contributed by atoms with Crippen LogP contribution < -0.4 is 4.90 Å². The summed E-state index contributed by atoms with van der Waals surface area (Å²) in [6, 6.07) is 4.99. The smallest absolute Gasteiger partial charge is 0.311 e. The average Bonchev–Trinajstić information content (AvgIpc) is 2.94. The second-order valence-electron chi connectivity index (χ2n) is 5.32. The van der Waals surface area contributed by atoms with Crippen molar-refractivity contribution >= 4 is 11.6 Å². The first-order valence-electron chi connectivity index (χ1n) is 7.04. The lowest BCUT2D eigenvalue weighted by Gasteiger charge is -2.29. The Balaban J connectivity index is 1.78. The van der Waals surface area contributed by atoms with Crippen LogP contribution in [-0.2, 0) is 23.9 Å². The van der Waals surface area contributed by atoms with E-state index in [9.17, 15) is 22.4 Å². The van der Waals surface area contributed by atoms with Crippen molar-refractivity contribution < 1.29 is 22.4 Å². The van der Waals surface area contributed by atoms with Crippen molar-refractivity contribution in [3.05, 3.63) is 47.5 Å². The minimum atomic E-state index is -4.54. The molecule has 1 aliphatic heterocycles. The predicted molar refractivity (Wildman–Crippen MR) is 74.3 cm³/mol. The number of carbonyl (C=O) groups excluding carboxylic acids is 1. The first-order valence-corrected chi connectivity index (χ1v) is 7.04. The van der Waals surface area contributed by atoms with E-state index in [-0.39, 0.29) is 18.3 Å². The number of halogens is 4.